The van der Waals surface area contributed by atoms with Gasteiger partial charge < -0.3 is 5.73 Å². The van der Waals surface area contributed by atoms with Crippen LogP contribution in [0.4, 0.5) is 5.69 Å². The van der Waals surface area contributed by atoms with Crippen LogP contribution in [0, 0.1) is 0 Å². The van der Waals surface area contributed by atoms with Crippen LogP contribution < -0.4 is 10.5 Å². The number of anilines is 1. The molecule has 0 saturated heterocycles. The summed E-state index contributed by atoms with van der Waals surface area (Å²) in [7, 11) is -3.45. The van der Waals surface area contributed by atoms with Crippen LogP contribution in [0.1, 0.15) is 11.1 Å². The van der Waals surface area contributed by atoms with Crippen LogP contribution in [-0.4, -0.2) is 20.8 Å². The van der Waals surface area contributed by atoms with Gasteiger partial charge in [0.05, 0.1) is 4.90 Å². The summed E-state index contributed by atoms with van der Waals surface area (Å²) in [5.74, 6) is 0.418. The van der Waals surface area contributed by atoms with Gasteiger partial charge in [0.15, 0.2) is 0 Å². The second kappa shape index (κ2) is 5.21. The molecule has 108 valence electrons. The summed E-state index contributed by atoms with van der Waals surface area (Å²) in [5.41, 5.74) is 8.11. The van der Waals surface area contributed by atoms with E-state index in [0.717, 1.165) is 17.7 Å². The SMILES string of the molecule is Nc1ccc(CCN=C2NS(=O)(=O)c3ccccc32)cc1. The zero-order chi connectivity index (χ0) is 14.9. The molecule has 0 bridgehead atoms. The molecule has 3 rings (SSSR count). The molecule has 0 spiro atoms. The number of sulfonamides is 1. The van der Waals surface area contributed by atoms with E-state index in [2.05, 4.69) is 9.71 Å². The summed E-state index contributed by atoms with van der Waals surface area (Å²) in [6.07, 6.45) is 0.730. The molecule has 0 amide bonds. The topological polar surface area (TPSA) is 84.5 Å². The van der Waals surface area contributed by atoms with Crippen LogP contribution in [-0.2, 0) is 16.4 Å². The van der Waals surface area contributed by atoms with Gasteiger partial charge in [-0.05, 0) is 36.2 Å². The van der Waals surface area contributed by atoms with Gasteiger partial charge in [-0.2, -0.15) is 0 Å². The van der Waals surface area contributed by atoms with Crippen LogP contribution in [0.5, 0.6) is 0 Å². The maximum atomic E-state index is 11.9. The molecule has 3 N–H and O–H groups in total. The molecule has 0 unspecified atom stereocenters. The van der Waals surface area contributed by atoms with E-state index in [0.29, 0.717) is 17.9 Å². The lowest BCUT2D eigenvalue weighted by Crippen LogP contribution is -2.22. The molecule has 2 aromatic rings. The summed E-state index contributed by atoms with van der Waals surface area (Å²) < 4.78 is 26.3. The molecule has 2 aromatic carbocycles. The Labute approximate surface area is 123 Å². The summed E-state index contributed by atoms with van der Waals surface area (Å²) in [6.45, 7) is 0.510. The summed E-state index contributed by atoms with van der Waals surface area (Å²) >= 11 is 0. The van der Waals surface area contributed by atoms with E-state index in [1.807, 2.05) is 24.3 Å². The number of benzene rings is 2. The van der Waals surface area contributed by atoms with Crippen molar-refractivity contribution < 1.29 is 8.42 Å². The smallest absolute Gasteiger partial charge is 0.263 e. The predicted molar refractivity (Wildman–Crippen MR) is 82.7 cm³/mol. The molecule has 0 aliphatic carbocycles. The van der Waals surface area contributed by atoms with Crippen molar-refractivity contribution in [3.8, 4) is 0 Å². The molecule has 1 heterocycles. The molecule has 1 aliphatic heterocycles. The van der Waals surface area contributed by atoms with Gasteiger partial charge in [-0.1, -0.05) is 24.3 Å². The van der Waals surface area contributed by atoms with Gasteiger partial charge in [0.2, 0.25) is 0 Å². The lowest BCUT2D eigenvalue weighted by Gasteiger charge is -2.01. The van der Waals surface area contributed by atoms with Crippen LogP contribution in [0.2, 0.25) is 0 Å². The quantitative estimate of drug-likeness (QED) is 0.844. The maximum Gasteiger partial charge on any atom is 0.263 e. The van der Waals surface area contributed by atoms with Gasteiger partial charge in [0.25, 0.3) is 10.0 Å². The van der Waals surface area contributed by atoms with Crippen molar-refractivity contribution in [1.29, 1.82) is 0 Å². The number of amidine groups is 1. The van der Waals surface area contributed by atoms with Crippen molar-refractivity contribution in [1.82, 2.24) is 4.72 Å². The molecule has 21 heavy (non-hydrogen) atoms. The Kier molecular flexibility index (Phi) is 3.39. The average molecular weight is 301 g/mol. The minimum Gasteiger partial charge on any atom is -0.399 e. The van der Waals surface area contributed by atoms with E-state index in [9.17, 15) is 8.42 Å². The second-order valence-corrected chi connectivity index (χ2v) is 6.47. The Morgan fingerprint density at radius 1 is 1.05 bits per heavy atom. The first kappa shape index (κ1) is 13.6. The van der Waals surface area contributed by atoms with Crippen molar-refractivity contribution in [3.05, 3.63) is 59.7 Å². The number of nitrogens with zero attached hydrogens (tertiary/aromatic N) is 1. The standard InChI is InChI=1S/C15H15N3O2S/c16-12-7-5-11(6-8-12)9-10-17-15-13-3-1-2-4-14(13)21(19,20)18-15/h1-8H,9-10,16H2,(H,17,18). The van der Waals surface area contributed by atoms with Crippen LogP contribution in [0.3, 0.4) is 0 Å². The molecule has 0 atom stereocenters. The van der Waals surface area contributed by atoms with E-state index >= 15 is 0 Å². The number of hydrogen-bond donors (Lipinski definition) is 2. The van der Waals surface area contributed by atoms with Crippen molar-refractivity contribution >= 4 is 21.5 Å². The minimum absolute atomic E-state index is 0.288. The largest absolute Gasteiger partial charge is 0.399 e. The van der Waals surface area contributed by atoms with Gasteiger partial charge in [0.1, 0.15) is 5.84 Å². The first-order valence-electron chi connectivity index (χ1n) is 6.57. The second-order valence-electron chi connectivity index (χ2n) is 4.82. The Balaban J connectivity index is 1.78. The fourth-order valence-electron chi connectivity index (χ4n) is 2.23. The van der Waals surface area contributed by atoms with E-state index in [4.69, 9.17) is 5.73 Å². The lowest BCUT2D eigenvalue weighted by molar-refractivity contribution is 0.595. The molecule has 0 aromatic heterocycles. The number of nitrogens with one attached hydrogen (secondary N) is 1. The Morgan fingerprint density at radius 2 is 1.76 bits per heavy atom. The summed E-state index contributed by atoms with van der Waals surface area (Å²) in [5, 5.41) is 0. The number of nitrogen functional groups attached to an aromatic ring is 1. The zero-order valence-corrected chi connectivity index (χ0v) is 12.1. The Bertz CT molecular complexity index is 796. The minimum atomic E-state index is -3.45. The fourth-order valence-corrected chi connectivity index (χ4v) is 3.48. The van der Waals surface area contributed by atoms with Gasteiger partial charge in [-0.25, -0.2) is 8.42 Å². The monoisotopic (exact) mass is 301 g/mol. The zero-order valence-electron chi connectivity index (χ0n) is 11.3. The molecular weight excluding hydrogens is 286 g/mol. The van der Waals surface area contributed by atoms with Crippen LogP contribution >= 0.6 is 0 Å². The Hall–Kier alpha value is -2.34. The number of fused-ring (bicyclic) bond motifs is 1. The maximum absolute atomic E-state index is 11.9. The van der Waals surface area contributed by atoms with E-state index < -0.39 is 10.0 Å². The fraction of sp³-hybridized carbons (Fsp3) is 0.133. The van der Waals surface area contributed by atoms with Gasteiger partial charge in [-0.15, -0.1) is 0 Å². The van der Waals surface area contributed by atoms with E-state index in [-0.39, 0.29) is 4.90 Å². The molecule has 6 heteroatoms. The predicted octanol–water partition coefficient (Wildman–Crippen LogP) is 1.55. The molecule has 1 aliphatic rings. The van der Waals surface area contributed by atoms with Crippen molar-refractivity contribution in [3.63, 3.8) is 0 Å². The molecule has 0 radical (unpaired) electrons. The van der Waals surface area contributed by atoms with E-state index in [1.165, 1.54) is 0 Å². The highest BCUT2D eigenvalue weighted by atomic mass is 32.2. The van der Waals surface area contributed by atoms with Crippen LogP contribution in [0.15, 0.2) is 58.4 Å². The number of nitrogens with two attached hydrogens (primary N) is 1. The molecule has 0 fully saturated rings. The highest BCUT2D eigenvalue weighted by Gasteiger charge is 2.29. The first-order valence-corrected chi connectivity index (χ1v) is 8.06. The van der Waals surface area contributed by atoms with Gasteiger partial charge in [0, 0.05) is 17.8 Å². The van der Waals surface area contributed by atoms with Gasteiger partial charge in [-0.3, -0.25) is 9.71 Å². The Morgan fingerprint density at radius 3 is 2.52 bits per heavy atom. The van der Waals surface area contributed by atoms with Crippen LogP contribution in [0.25, 0.3) is 0 Å². The molecule has 0 saturated carbocycles. The van der Waals surface area contributed by atoms with Crippen molar-refractivity contribution in [2.24, 2.45) is 4.99 Å². The molecular formula is C15H15N3O2S. The molecule has 5 nitrogen and oxygen atoms in total. The number of aliphatic imine (C=N–C) groups is 1. The first-order chi connectivity index (χ1) is 10.1. The van der Waals surface area contributed by atoms with Crippen molar-refractivity contribution in [2.45, 2.75) is 11.3 Å². The average Bonchev–Trinajstić information content (AvgIpc) is 2.73. The van der Waals surface area contributed by atoms with E-state index in [1.54, 1.807) is 24.3 Å². The highest BCUT2D eigenvalue weighted by molar-refractivity contribution is 7.90. The number of rotatable bonds is 3. The third-order valence-electron chi connectivity index (χ3n) is 3.31. The summed E-state index contributed by atoms with van der Waals surface area (Å²) in [4.78, 5) is 4.66. The summed E-state index contributed by atoms with van der Waals surface area (Å²) in [6, 6.07) is 14.4. The third kappa shape index (κ3) is 2.75. The number of hydrogen-bond acceptors (Lipinski definition) is 4. The third-order valence-corrected chi connectivity index (χ3v) is 4.71. The highest BCUT2D eigenvalue weighted by Crippen LogP contribution is 2.22. The lowest BCUT2D eigenvalue weighted by atomic mass is 10.1. The normalized spacial score (nSPS) is 17.4. The van der Waals surface area contributed by atoms with Crippen molar-refractivity contribution in [2.75, 3.05) is 12.3 Å². The van der Waals surface area contributed by atoms with Gasteiger partial charge >= 0.3 is 0 Å².